The van der Waals surface area contributed by atoms with Crippen LogP contribution < -0.4 is 10.5 Å². The summed E-state index contributed by atoms with van der Waals surface area (Å²) in [6.07, 6.45) is 2.78. The summed E-state index contributed by atoms with van der Waals surface area (Å²) in [5.74, 6) is 0.519. The highest BCUT2D eigenvalue weighted by molar-refractivity contribution is 8.00. The van der Waals surface area contributed by atoms with E-state index in [1.54, 1.807) is 11.8 Å². The maximum Gasteiger partial charge on any atom is 0.336 e. The number of carbonyl (C=O) groups excluding carboxylic acids is 1. The van der Waals surface area contributed by atoms with E-state index < -0.39 is 0 Å². The fraction of sp³-hybridized carbons (Fsp3) is 0.368. The Labute approximate surface area is 174 Å². The van der Waals surface area contributed by atoms with Crippen LogP contribution in [-0.4, -0.2) is 22.1 Å². The summed E-state index contributed by atoms with van der Waals surface area (Å²) in [5.41, 5.74) is 1.93. The molecule has 4 rings (SSSR count). The molecule has 1 aliphatic carbocycles. The van der Waals surface area contributed by atoms with Crippen molar-refractivity contribution in [3.8, 4) is 0 Å². The minimum absolute atomic E-state index is 0.0109. The van der Waals surface area contributed by atoms with Crippen molar-refractivity contribution in [3.63, 3.8) is 0 Å². The molecule has 0 aliphatic heterocycles. The number of benzene rings is 1. The summed E-state index contributed by atoms with van der Waals surface area (Å²) in [5, 5.41) is 10.5. The van der Waals surface area contributed by atoms with Crippen LogP contribution in [0, 0.1) is 0 Å². The average Bonchev–Trinajstić information content (AvgIpc) is 3.37. The minimum Gasteiger partial charge on any atom is -0.423 e. The van der Waals surface area contributed by atoms with Gasteiger partial charge in [-0.15, -0.1) is 10.2 Å². The first kappa shape index (κ1) is 19.4. The third-order valence-corrected chi connectivity index (χ3v) is 7.04. The van der Waals surface area contributed by atoms with E-state index in [0.29, 0.717) is 21.5 Å². The number of anilines is 1. The van der Waals surface area contributed by atoms with Crippen LogP contribution in [0.4, 0.5) is 5.13 Å². The van der Waals surface area contributed by atoms with E-state index in [9.17, 15) is 9.59 Å². The number of amides is 1. The Balaban J connectivity index is 1.58. The van der Waals surface area contributed by atoms with Gasteiger partial charge in [-0.05, 0) is 42.5 Å². The standard InChI is InChI=1S/C19H18ClN3O3S2/c1-3-11-6-16-14(8-15(11)20)12(7-17(25)26-16)9-27-19-22-21-18(28-19)23(10(2)24)13-4-5-13/h6-8,13H,3-5,9H2,1-2H3. The summed E-state index contributed by atoms with van der Waals surface area (Å²) in [7, 11) is 0. The Hall–Kier alpha value is -1.90. The molecule has 1 aliphatic rings. The third kappa shape index (κ3) is 3.94. The molecule has 0 radical (unpaired) electrons. The zero-order valence-corrected chi connectivity index (χ0v) is 17.8. The van der Waals surface area contributed by atoms with Crippen LogP contribution in [0.5, 0.6) is 0 Å². The maximum atomic E-state index is 12.0. The van der Waals surface area contributed by atoms with E-state index in [1.165, 1.54) is 29.2 Å². The van der Waals surface area contributed by atoms with Crippen molar-refractivity contribution in [1.82, 2.24) is 10.2 Å². The predicted molar refractivity (Wildman–Crippen MR) is 113 cm³/mol. The first-order valence-electron chi connectivity index (χ1n) is 8.97. The normalized spacial score (nSPS) is 13.8. The van der Waals surface area contributed by atoms with Crippen LogP contribution in [0.1, 0.15) is 37.8 Å². The second kappa shape index (κ2) is 7.85. The van der Waals surface area contributed by atoms with Crippen LogP contribution in [0.2, 0.25) is 5.02 Å². The van der Waals surface area contributed by atoms with Gasteiger partial charge in [-0.1, -0.05) is 41.6 Å². The fourth-order valence-corrected chi connectivity index (χ4v) is 5.30. The number of hydrogen-bond acceptors (Lipinski definition) is 7. The number of hydrogen-bond donors (Lipinski definition) is 0. The highest BCUT2D eigenvalue weighted by Crippen LogP contribution is 2.37. The number of nitrogens with zero attached hydrogens (tertiary/aromatic N) is 3. The van der Waals surface area contributed by atoms with Crippen LogP contribution in [0.25, 0.3) is 11.0 Å². The summed E-state index contributed by atoms with van der Waals surface area (Å²) in [6.45, 7) is 3.56. The van der Waals surface area contributed by atoms with Gasteiger partial charge in [0.25, 0.3) is 0 Å². The van der Waals surface area contributed by atoms with E-state index in [1.807, 2.05) is 19.1 Å². The van der Waals surface area contributed by atoms with Crippen LogP contribution >= 0.6 is 34.7 Å². The van der Waals surface area contributed by atoms with Crippen molar-refractivity contribution in [2.24, 2.45) is 0 Å². The molecule has 146 valence electrons. The molecule has 2 aromatic heterocycles. The maximum absolute atomic E-state index is 12.0. The van der Waals surface area contributed by atoms with Gasteiger partial charge in [-0.2, -0.15) is 0 Å². The second-order valence-corrected chi connectivity index (χ2v) is 9.23. The van der Waals surface area contributed by atoms with E-state index in [0.717, 1.165) is 40.1 Å². The third-order valence-electron chi connectivity index (χ3n) is 4.58. The van der Waals surface area contributed by atoms with Crippen molar-refractivity contribution in [1.29, 1.82) is 0 Å². The lowest BCUT2D eigenvalue weighted by atomic mass is 10.1. The zero-order valence-electron chi connectivity index (χ0n) is 15.4. The Morgan fingerprint density at radius 3 is 2.79 bits per heavy atom. The number of aryl methyl sites for hydroxylation is 1. The Morgan fingerprint density at radius 2 is 2.11 bits per heavy atom. The highest BCUT2D eigenvalue weighted by Gasteiger charge is 2.34. The monoisotopic (exact) mass is 435 g/mol. The van der Waals surface area contributed by atoms with Gasteiger partial charge in [0.2, 0.25) is 11.0 Å². The molecule has 1 saturated carbocycles. The number of aromatic nitrogens is 2. The topological polar surface area (TPSA) is 76.3 Å². The minimum atomic E-state index is -0.387. The fourth-order valence-electron chi connectivity index (χ4n) is 3.06. The summed E-state index contributed by atoms with van der Waals surface area (Å²) < 4.78 is 6.10. The molecule has 9 heteroatoms. The smallest absolute Gasteiger partial charge is 0.336 e. The molecule has 2 heterocycles. The van der Waals surface area contributed by atoms with Gasteiger partial charge in [0, 0.05) is 35.2 Å². The lowest BCUT2D eigenvalue weighted by molar-refractivity contribution is -0.116. The summed E-state index contributed by atoms with van der Waals surface area (Å²) in [6, 6.07) is 5.42. The zero-order chi connectivity index (χ0) is 19.8. The SMILES string of the molecule is CCc1cc2oc(=O)cc(CSc3nnc(N(C(C)=O)C4CC4)s3)c2cc1Cl. The average molecular weight is 436 g/mol. The van der Waals surface area contributed by atoms with Gasteiger partial charge in [-0.3, -0.25) is 9.69 Å². The molecule has 1 aromatic carbocycles. The molecule has 28 heavy (non-hydrogen) atoms. The molecule has 0 N–H and O–H groups in total. The summed E-state index contributed by atoms with van der Waals surface area (Å²) >= 11 is 9.22. The van der Waals surface area contributed by atoms with E-state index in [-0.39, 0.29) is 17.6 Å². The van der Waals surface area contributed by atoms with Crippen LogP contribution in [0.15, 0.2) is 31.8 Å². The highest BCUT2D eigenvalue weighted by atomic mass is 35.5. The second-order valence-electron chi connectivity index (χ2n) is 6.64. The predicted octanol–water partition coefficient (Wildman–Crippen LogP) is 4.67. The number of thioether (sulfide) groups is 1. The van der Waals surface area contributed by atoms with Gasteiger partial charge < -0.3 is 4.42 Å². The van der Waals surface area contributed by atoms with Crippen molar-refractivity contribution < 1.29 is 9.21 Å². The molecular formula is C19H18ClN3O3S2. The summed E-state index contributed by atoms with van der Waals surface area (Å²) in [4.78, 5) is 25.6. The number of carbonyl (C=O) groups is 1. The number of fused-ring (bicyclic) bond motifs is 1. The van der Waals surface area contributed by atoms with Gasteiger partial charge in [0.05, 0.1) is 0 Å². The van der Waals surface area contributed by atoms with Crippen molar-refractivity contribution in [2.45, 2.75) is 49.2 Å². The first-order chi connectivity index (χ1) is 13.5. The molecule has 0 unspecified atom stereocenters. The molecule has 3 aromatic rings. The van der Waals surface area contributed by atoms with Gasteiger partial charge in [0.1, 0.15) is 5.58 Å². The largest absolute Gasteiger partial charge is 0.423 e. The molecular weight excluding hydrogens is 418 g/mol. The van der Waals surface area contributed by atoms with Crippen LogP contribution in [0.3, 0.4) is 0 Å². The van der Waals surface area contributed by atoms with E-state index >= 15 is 0 Å². The van der Waals surface area contributed by atoms with Crippen molar-refractivity contribution >= 4 is 56.7 Å². The molecule has 0 spiro atoms. The molecule has 1 amide bonds. The van der Waals surface area contributed by atoms with E-state index in [4.69, 9.17) is 16.0 Å². The number of halogens is 1. The molecule has 6 nitrogen and oxygen atoms in total. The van der Waals surface area contributed by atoms with Crippen LogP contribution in [-0.2, 0) is 17.0 Å². The van der Waals surface area contributed by atoms with E-state index in [2.05, 4.69) is 10.2 Å². The Kier molecular flexibility index (Phi) is 5.44. The first-order valence-corrected chi connectivity index (χ1v) is 11.2. The Morgan fingerprint density at radius 1 is 1.32 bits per heavy atom. The molecule has 0 saturated heterocycles. The quantitative estimate of drug-likeness (QED) is 0.318. The molecule has 0 bridgehead atoms. The lowest BCUT2D eigenvalue weighted by Crippen LogP contribution is -2.30. The molecule has 1 fully saturated rings. The van der Waals surface area contributed by atoms with Gasteiger partial charge in [0.15, 0.2) is 4.34 Å². The number of rotatable bonds is 6. The van der Waals surface area contributed by atoms with Crippen molar-refractivity contribution in [2.75, 3.05) is 4.90 Å². The Bertz CT molecular complexity index is 1110. The van der Waals surface area contributed by atoms with Gasteiger partial charge >= 0.3 is 5.63 Å². The molecule has 0 atom stereocenters. The lowest BCUT2D eigenvalue weighted by Gasteiger charge is -2.15. The van der Waals surface area contributed by atoms with Gasteiger partial charge in [-0.25, -0.2) is 4.79 Å². The van der Waals surface area contributed by atoms with Crippen molar-refractivity contribution in [3.05, 3.63) is 44.8 Å².